The van der Waals surface area contributed by atoms with Gasteiger partial charge in [-0.15, -0.1) is 0 Å². The van der Waals surface area contributed by atoms with Crippen LogP contribution in [-0.2, 0) is 4.79 Å². The number of carbonyl (C=O) groups excluding carboxylic acids is 1. The average Bonchev–Trinajstić information content (AvgIpc) is 2.58. The van der Waals surface area contributed by atoms with Gasteiger partial charge >= 0.3 is 0 Å². The highest BCUT2D eigenvalue weighted by Crippen LogP contribution is 2.15. The van der Waals surface area contributed by atoms with Crippen molar-refractivity contribution in [3.05, 3.63) is 35.5 Å². The van der Waals surface area contributed by atoms with Crippen LogP contribution >= 0.6 is 12.2 Å². The van der Waals surface area contributed by atoms with E-state index in [0.717, 1.165) is 11.3 Å². The van der Waals surface area contributed by atoms with Crippen molar-refractivity contribution in [2.24, 2.45) is 0 Å². The lowest BCUT2D eigenvalue weighted by atomic mass is 10.2. The Morgan fingerprint density at radius 2 is 2.19 bits per heavy atom. The summed E-state index contributed by atoms with van der Waals surface area (Å²) in [5.41, 5.74) is 1.32. The number of hydrogen-bond donors (Lipinski definition) is 2. The summed E-state index contributed by atoms with van der Waals surface area (Å²) in [4.78, 5) is 11.4. The van der Waals surface area contributed by atoms with Gasteiger partial charge in [-0.1, -0.05) is 12.1 Å². The summed E-state index contributed by atoms with van der Waals surface area (Å²) in [5.74, 6) is 0.531. The number of hydrogen-bond acceptors (Lipinski definition) is 3. The summed E-state index contributed by atoms with van der Waals surface area (Å²) < 4.78 is 5.09. The SMILES string of the molecule is COc1cccc(/C=C2/NC(=S)NC2=O)c1. The number of ether oxygens (including phenoxy) is 1. The molecule has 1 aromatic carbocycles. The first-order chi connectivity index (χ1) is 7.69. The van der Waals surface area contributed by atoms with E-state index in [2.05, 4.69) is 10.6 Å². The summed E-state index contributed by atoms with van der Waals surface area (Å²) in [7, 11) is 1.60. The molecule has 0 saturated carbocycles. The maximum Gasteiger partial charge on any atom is 0.273 e. The molecule has 1 aromatic rings. The topological polar surface area (TPSA) is 50.4 Å². The molecule has 82 valence electrons. The molecule has 0 unspecified atom stereocenters. The van der Waals surface area contributed by atoms with Gasteiger partial charge in [0.15, 0.2) is 5.11 Å². The van der Waals surface area contributed by atoms with E-state index in [4.69, 9.17) is 17.0 Å². The summed E-state index contributed by atoms with van der Waals surface area (Å²) in [6, 6.07) is 7.42. The minimum absolute atomic E-state index is 0.215. The van der Waals surface area contributed by atoms with Gasteiger partial charge in [0.1, 0.15) is 11.4 Å². The van der Waals surface area contributed by atoms with Crippen LogP contribution in [0.5, 0.6) is 5.75 Å². The number of carbonyl (C=O) groups is 1. The Morgan fingerprint density at radius 1 is 1.38 bits per heavy atom. The van der Waals surface area contributed by atoms with Crippen molar-refractivity contribution >= 4 is 29.3 Å². The zero-order chi connectivity index (χ0) is 11.5. The van der Waals surface area contributed by atoms with Crippen molar-refractivity contribution in [2.75, 3.05) is 7.11 Å². The molecule has 5 heteroatoms. The molecule has 2 rings (SSSR count). The van der Waals surface area contributed by atoms with Gasteiger partial charge in [-0.25, -0.2) is 0 Å². The van der Waals surface area contributed by atoms with Crippen LogP contribution in [0, 0.1) is 0 Å². The Hall–Kier alpha value is -1.88. The maximum absolute atomic E-state index is 11.4. The van der Waals surface area contributed by atoms with E-state index in [1.165, 1.54) is 0 Å². The summed E-state index contributed by atoms with van der Waals surface area (Å²) in [5, 5.41) is 5.61. The molecule has 0 aliphatic carbocycles. The van der Waals surface area contributed by atoms with Crippen LogP contribution in [0.15, 0.2) is 30.0 Å². The second-order valence-electron chi connectivity index (χ2n) is 3.24. The van der Waals surface area contributed by atoms with Crippen molar-refractivity contribution in [3.63, 3.8) is 0 Å². The molecule has 1 heterocycles. The smallest absolute Gasteiger partial charge is 0.273 e. The average molecular weight is 234 g/mol. The fourth-order valence-electron chi connectivity index (χ4n) is 1.38. The van der Waals surface area contributed by atoms with Gasteiger partial charge in [0.05, 0.1) is 7.11 Å². The normalized spacial score (nSPS) is 17.2. The fraction of sp³-hybridized carbons (Fsp3) is 0.0909. The molecule has 0 bridgehead atoms. The van der Waals surface area contributed by atoms with E-state index in [1.807, 2.05) is 24.3 Å². The first kappa shape index (κ1) is 10.6. The third-order valence-corrected chi connectivity index (χ3v) is 2.33. The van der Waals surface area contributed by atoms with Crippen LogP contribution in [0.4, 0.5) is 0 Å². The first-order valence-electron chi connectivity index (χ1n) is 4.67. The molecule has 0 radical (unpaired) electrons. The molecule has 16 heavy (non-hydrogen) atoms. The van der Waals surface area contributed by atoms with Crippen LogP contribution in [0.3, 0.4) is 0 Å². The molecule has 1 amide bonds. The number of methoxy groups -OCH3 is 1. The first-order valence-corrected chi connectivity index (χ1v) is 5.08. The van der Waals surface area contributed by atoms with Gasteiger partial charge in [0, 0.05) is 0 Å². The van der Waals surface area contributed by atoms with Gasteiger partial charge in [-0.3, -0.25) is 10.1 Å². The second kappa shape index (κ2) is 4.32. The minimum Gasteiger partial charge on any atom is -0.497 e. The van der Waals surface area contributed by atoms with E-state index in [1.54, 1.807) is 13.2 Å². The van der Waals surface area contributed by atoms with Crippen molar-refractivity contribution < 1.29 is 9.53 Å². The van der Waals surface area contributed by atoms with Crippen LogP contribution in [-0.4, -0.2) is 18.1 Å². The predicted octanol–water partition coefficient (Wildman–Crippen LogP) is 1.04. The van der Waals surface area contributed by atoms with E-state index < -0.39 is 0 Å². The van der Waals surface area contributed by atoms with E-state index in [9.17, 15) is 4.79 Å². The molecule has 1 aliphatic heterocycles. The van der Waals surface area contributed by atoms with Gasteiger partial charge in [-0.05, 0) is 36.0 Å². The van der Waals surface area contributed by atoms with Crippen LogP contribution in [0.1, 0.15) is 5.56 Å². The molecule has 0 atom stereocenters. The van der Waals surface area contributed by atoms with Crippen molar-refractivity contribution in [3.8, 4) is 5.75 Å². The van der Waals surface area contributed by atoms with Gasteiger partial charge in [0.2, 0.25) is 0 Å². The van der Waals surface area contributed by atoms with Crippen LogP contribution in [0.25, 0.3) is 6.08 Å². The molecule has 1 saturated heterocycles. The Balaban J connectivity index is 2.28. The largest absolute Gasteiger partial charge is 0.497 e. The molecule has 1 fully saturated rings. The summed E-state index contributed by atoms with van der Waals surface area (Å²) in [6.07, 6.45) is 1.72. The zero-order valence-electron chi connectivity index (χ0n) is 8.61. The zero-order valence-corrected chi connectivity index (χ0v) is 9.43. The fourth-order valence-corrected chi connectivity index (χ4v) is 1.58. The Bertz CT molecular complexity index is 483. The summed E-state index contributed by atoms with van der Waals surface area (Å²) in [6.45, 7) is 0. The molecule has 1 aliphatic rings. The molecular formula is C11H10N2O2S. The third-order valence-electron chi connectivity index (χ3n) is 2.12. The number of nitrogens with one attached hydrogen (secondary N) is 2. The highest BCUT2D eigenvalue weighted by molar-refractivity contribution is 7.80. The van der Waals surface area contributed by atoms with E-state index >= 15 is 0 Å². The molecule has 2 N–H and O–H groups in total. The van der Waals surface area contributed by atoms with Gasteiger partial charge < -0.3 is 10.1 Å². The predicted molar refractivity (Wildman–Crippen MR) is 64.8 cm³/mol. The lowest BCUT2D eigenvalue weighted by Crippen LogP contribution is -2.21. The lowest BCUT2D eigenvalue weighted by molar-refractivity contribution is -0.115. The van der Waals surface area contributed by atoms with Gasteiger partial charge in [-0.2, -0.15) is 0 Å². The highest BCUT2D eigenvalue weighted by Gasteiger charge is 2.19. The van der Waals surface area contributed by atoms with Crippen LogP contribution in [0.2, 0.25) is 0 Å². The summed E-state index contributed by atoms with van der Waals surface area (Å²) >= 11 is 4.83. The van der Waals surface area contributed by atoms with E-state index in [-0.39, 0.29) is 5.91 Å². The Labute approximate surface area is 98.3 Å². The standard InChI is InChI=1S/C11H10N2O2S/c1-15-8-4-2-3-7(5-8)6-9-10(14)13-11(16)12-9/h2-6H,1H3,(H2,12,13,14,16)/b9-6+. The van der Waals surface area contributed by atoms with Crippen molar-refractivity contribution in [2.45, 2.75) is 0 Å². The molecule has 0 spiro atoms. The van der Waals surface area contributed by atoms with Crippen molar-refractivity contribution in [1.29, 1.82) is 0 Å². The van der Waals surface area contributed by atoms with Gasteiger partial charge in [0.25, 0.3) is 5.91 Å². The number of rotatable bonds is 2. The second-order valence-corrected chi connectivity index (χ2v) is 3.65. The minimum atomic E-state index is -0.215. The maximum atomic E-state index is 11.4. The highest BCUT2D eigenvalue weighted by atomic mass is 32.1. The lowest BCUT2D eigenvalue weighted by Gasteiger charge is -2.01. The molecule has 4 nitrogen and oxygen atoms in total. The molecular weight excluding hydrogens is 224 g/mol. The number of amides is 1. The third kappa shape index (κ3) is 2.20. The Morgan fingerprint density at radius 3 is 2.81 bits per heavy atom. The number of thiocarbonyl (C=S) groups is 1. The van der Waals surface area contributed by atoms with E-state index in [0.29, 0.717) is 10.8 Å². The number of benzene rings is 1. The molecule has 0 aromatic heterocycles. The quantitative estimate of drug-likeness (QED) is 0.593. The van der Waals surface area contributed by atoms with Crippen LogP contribution < -0.4 is 15.4 Å². The Kier molecular flexibility index (Phi) is 2.87. The van der Waals surface area contributed by atoms with Crippen molar-refractivity contribution in [1.82, 2.24) is 10.6 Å². The monoisotopic (exact) mass is 234 g/mol.